The lowest BCUT2D eigenvalue weighted by Gasteiger charge is -2.21. The Morgan fingerprint density at radius 2 is 1.90 bits per heavy atom. The number of hydrogen-bond acceptors (Lipinski definition) is 4. The van der Waals surface area contributed by atoms with Crippen LogP contribution in [0.5, 0.6) is 0 Å². The van der Waals surface area contributed by atoms with Gasteiger partial charge in [-0.2, -0.15) is 0 Å². The minimum atomic E-state index is -0.614. The summed E-state index contributed by atoms with van der Waals surface area (Å²) in [4.78, 5) is 30.5. The lowest BCUT2D eigenvalue weighted by atomic mass is 10.0. The SMILES string of the molecule is C[C@H](O)CNC(=O)Cn1c2c(c3ccccc31)CCn1c-2nc2ccccc2c1=O. The van der Waals surface area contributed by atoms with Crippen molar-refractivity contribution in [1.82, 2.24) is 19.4 Å². The summed E-state index contributed by atoms with van der Waals surface area (Å²) in [6.45, 7) is 2.47. The van der Waals surface area contributed by atoms with Crippen LogP contribution in [0.3, 0.4) is 0 Å². The van der Waals surface area contributed by atoms with Gasteiger partial charge in [-0.1, -0.05) is 30.3 Å². The molecular weight excluding hydrogens is 380 g/mol. The van der Waals surface area contributed by atoms with E-state index in [-0.39, 0.29) is 24.6 Å². The third-order valence-corrected chi connectivity index (χ3v) is 5.63. The van der Waals surface area contributed by atoms with Crippen molar-refractivity contribution < 1.29 is 9.90 Å². The van der Waals surface area contributed by atoms with E-state index in [4.69, 9.17) is 4.98 Å². The van der Waals surface area contributed by atoms with Gasteiger partial charge in [-0.25, -0.2) is 4.98 Å². The second-order valence-electron chi connectivity index (χ2n) is 7.74. The van der Waals surface area contributed by atoms with Crippen LogP contribution in [0, 0.1) is 0 Å². The molecule has 5 rings (SSSR count). The Kier molecular flexibility index (Phi) is 4.40. The first-order valence-electron chi connectivity index (χ1n) is 10.1. The van der Waals surface area contributed by atoms with Gasteiger partial charge in [-0.3, -0.25) is 14.2 Å². The maximum atomic E-state index is 13.1. The van der Waals surface area contributed by atoms with Gasteiger partial charge in [-0.05, 0) is 37.1 Å². The molecule has 7 heteroatoms. The monoisotopic (exact) mass is 402 g/mol. The summed E-state index contributed by atoms with van der Waals surface area (Å²) in [5.74, 6) is 0.402. The average Bonchev–Trinajstić information content (AvgIpc) is 3.07. The van der Waals surface area contributed by atoms with Crippen LogP contribution in [-0.2, 0) is 24.3 Å². The predicted molar refractivity (Wildman–Crippen MR) is 115 cm³/mol. The molecule has 0 spiro atoms. The van der Waals surface area contributed by atoms with Crippen molar-refractivity contribution in [2.45, 2.75) is 32.5 Å². The highest BCUT2D eigenvalue weighted by Gasteiger charge is 2.27. The van der Waals surface area contributed by atoms with Crippen LogP contribution in [0.25, 0.3) is 33.3 Å². The number of aliphatic hydroxyl groups excluding tert-OH is 1. The van der Waals surface area contributed by atoms with Gasteiger partial charge >= 0.3 is 0 Å². The summed E-state index contributed by atoms with van der Waals surface area (Å²) in [5, 5.41) is 13.9. The van der Waals surface area contributed by atoms with Crippen molar-refractivity contribution in [1.29, 1.82) is 0 Å². The van der Waals surface area contributed by atoms with Crippen LogP contribution < -0.4 is 10.9 Å². The summed E-state index contributed by atoms with van der Waals surface area (Å²) < 4.78 is 3.65. The zero-order valence-corrected chi connectivity index (χ0v) is 16.6. The Hall–Kier alpha value is -3.45. The number of carbonyl (C=O) groups excluding carboxylic acids is 1. The van der Waals surface area contributed by atoms with Crippen molar-refractivity contribution in [3.05, 3.63) is 64.4 Å². The molecule has 0 bridgehead atoms. The molecule has 1 aliphatic heterocycles. The largest absolute Gasteiger partial charge is 0.392 e. The molecule has 0 aliphatic carbocycles. The van der Waals surface area contributed by atoms with Gasteiger partial charge in [0.2, 0.25) is 5.91 Å². The summed E-state index contributed by atoms with van der Waals surface area (Å²) >= 11 is 0. The maximum Gasteiger partial charge on any atom is 0.261 e. The number of aliphatic hydroxyl groups is 1. The fourth-order valence-corrected chi connectivity index (χ4v) is 4.29. The van der Waals surface area contributed by atoms with Crippen molar-refractivity contribution in [2.24, 2.45) is 0 Å². The normalized spacial score (nSPS) is 13.8. The first-order chi connectivity index (χ1) is 14.5. The van der Waals surface area contributed by atoms with E-state index in [0.29, 0.717) is 29.7 Å². The predicted octanol–water partition coefficient (Wildman–Crippen LogP) is 2.07. The number of para-hydroxylation sites is 2. The number of rotatable bonds is 4. The molecule has 3 heterocycles. The van der Waals surface area contributed by atoms with E-state index in [2.05, 4.69) is 5.32 Å². The number of carbonyl (C=O) groups is 1. The Morgan fingerprint density at radius 1 is 1.17 bits per heavy atom. The van der Waals surface area contributed by atoms with Gasteiger partial charge in [0, 0.05) is 24.0 Å². The number of fused-ring (bicyclic) bond motifs is 6. The fraction of sp³-hybridized carbons (Fsp3) is 0.261. The molecule has 1 amide bonds. The van der Waals surface area contributed by atoms with Crippen LogP contribution in [-0.4, -0.2) is 37.8 Å². The second-order valence-corrected chi connectivity index (χ2v) is 7.74. The minimum absolute atomic E-state index is 0.0587. The van der Waals surface area contributed by atoms with Crippen molar-refractivity contribution in [3.63, 3.8) is 0 Å². The zero-order valence-electron chi connectivity index (χ0n) is 16.6. The van der Waals surface area contributed by atoms with Crippen LogP contribution >= 0.6 is 0 Å². The number of aromatic nitrogens is 3. The van der Waals surface area contributed by atoms with Crippen molar-refractivity contribution in [2.75, 3.05) is 6.54 Å². The number of benzene rings is 2. The van der Waals surface area contributed by atoms with Gasteiger partial charge in [0.05, 0.1) is 22.7 Å². The molecule has 0 unspecified atom stereocenters. The van der Waals surface area contributed by atoms with E-state index in [1.54, 1.807) is 17.6 Å². The molecule has 7 nitrogen and oxygen atoms in total. The molecule has 1 atom stereocenters. The molecule has 2 aromatic carbocycles. The first kappa shape index (κ1) is 18.6. The highest BCUT2D eigenvalue weighted by molar-refractivity contribution is 5.93. The number of nitrogens with one attached hydrogen (secondary N) is 1. The number of nitrogens with zero attached hydrogens (tertiary/aromatic N) is 3. The van der Waals surface area contributed by atoms with Crippen LogP contribution in [0.15, 0.2) is 53.3 Å². The first-order valence-corrected chi connectivity index (χ1v) is 10.1. The molecular formula is C23H22N4O3. The highest BCUT2D eigenvalue weighted by atomic mass is 16.3. The zero-order chi connectivity index (χ0) is 20.8. The summed E-state index contributed by atoms with van der Waals surface area (Å²) in [5.41, 5.74) is 3.45. The lowest BCUT2D eigenvalue weighted by molar-refractivity contribution is -0.122. The number of aryl methyl sites for hydroxylation is 1. The topological polar surface area (TPSA) is 89.2 Å². The van der Waals surface area contributed by atoms with Gasteiger partial charge in [-0.15, -0.1) is 0 Å². The third kappa shape index (κ3) is 2.90. The van der Waals surface area contributed by atoms with E-state index in [1.165, 1.54) is 0 Å². The van der Waals surface area contributed by atoms with E-state index in [1.807, 2.05) is 47.0 Å². The second kappa shape index (κ2) is 7.11. The van der Waals surface area contributed by atoms with E-state index >= 15 is 0 Å². The highest BCUT2D eigenvalue weighted by Crippen LogP contribution is 2.36. The van der Waals surface area contributed by atoms with Gasteiger partial charge in [0.1, 0.15) is 6.54 Å². The number of hydrogen-bond donors (Lipinski definition) is 2. The maximum absolute atomic E-state index is 13.1. The summed E-state index contributed by atoms with van der Waals surface area (Å²) in [7, 11) is 0. The molecule has 2 N–H and O–H groups in total. The minimum Gasteiger partial charge on any atom is -0.392 e. The van der Waals surface area contributed by atoms with E-state index < -0.39 is 6.10 Å². The average molecular weight is 402 g/mol. The molecule has 0 saturated carbocycles. The Bertz CT molecular complexity index is 1350. The van der Waals surface area contributed by atoms with Crippen LogP contribution in [0.1, 0.15) is 12.5 Å². The molecule has 0 fully saturated rings. The molecule has 0 radical (unpaired) electrons. The van der Waals surface area contributed by atoms with Crippen molar-refractivity contribution >= 4 is 27.7 Å². The van der Waals surface area contributed by atoms with Gasteiger partial charge < -0.3 is 15.0 Å². The summed E-state index contributed by atoms with van der Waals surface area (Å²) in [6.07, 6.45) is 0.0852. The molecule has 0 saturated heterocycles. The van der Waals surface area contributed by atoms with Crippen molar-refractivity contribution in [3.8, 4) is 11.5 Å². The molecule has 152 valence electrons. The smallest absolute Gasteiger partial charge is 0.261 e. The third-order valence-electron chi connectivity index (χ3n) is 5.63. The Morgan fingerprint density at radius 3 is 2.70 bits per heavy atom. The molecule has 30 heavy (non-hydrogen) atoms. The fourth-order valence-electron chi connectivity index (χ4n) is 4.29. The van der Waals surface area contributed by atoms with E-state index in [0.717, 1.165) is 22.2 Å². The molecule has 1 aliphatic rings. The van der Waals surface area contributed by atoms with Crippen LogP contribution in [0.4, 0.5) is 0 Å². The van der Waals surface area contributed by atoms with Gasteiger partial charge in [0.15, 0.2) is 5.82 Å². The van der Waals surface area contributed by atoms with E-state index in [9.17, 15) is 14.7 Å². The quantitative estimate of drug-likeness (QED) is 0.547. The molecule has 2 aromatic heterocycles. The lowest BCUT2D eigenvalue weighted by Crippen LogP contribution is -2.34. The Labute approximate surface area is 172 Å². The standard InChI is InChI=1S/C23H22N4O3/c1-14(28)12-24-20(29)13-27-19-9-5-3-6-15(19)16-10-11-26-22(21(16)27)25-18-8-4-2-7-17(18)23(26)30/h2-9,14,28H,10-13H2,1H3,(H,24,29)/t14-/m0/s1. The molecule has 4 aromatic rings. The van der Waals surface area contributed by atoms with Crippen LogP contribution in [0.2, 0.25) is 0 Å². The van der Waals surface area contributed by atoms with Gasteiger partial charge in [0.25, 0.3) is 5.56 Å². The number of amides is 1. The summed E-state index contributed by atoms with van der Waals surface area (Å²) in [6, 6.07) is 15.3. The Balaban J connectivity index is 1.73.